The molecule has 192 valence electrons. The molecule has 0 amide bonds. The first kappa shape index (κ1) is 25.5. The normalized spacial score (nSPS) is 18.0. The molecule has 0 saturated carbocycles. The number of morpholine rings is 1. The van der Waals surface area contributed by atoms with Gasteiger partial charge in [-0.3, -0.25) is 9.36 Å². The lowest BCUT2D eigenvalue weighted by atomic mass is 9.96. The van der Waals surface area contributed by atoms with Gasteiger partial charge in [0.05, 0.1) is 41.7 Å². The van der Waals surface area contributed by atoms with Crippen LogP contribution in [0.5, 0.6) is 0 Å². The first-order chi connectivity index (χ1) is 18.0. The van der Waals surface area contributed by atoms with Crippen molar-refractivity contribution < 1.29 is 14.3 Å². The van der Waals surface area contributed by atoms with Gasteiger partial charge in [0.2, 0.25) is 0 Å². The Morgan fingerprint density at radius 3 is 2.51 bits per heavy atom. The maximum absolute atomic E-state index is 13.8. The predicted octanol–water partition coefficient (Wildman–Crippen LogP) is 3.36. The number of carbonyl (C=O) groups excluding carboxylic acids is 1. The van der Waals surface area contributed by atoms with Gasteiger partial charge in [-0.15, -0.1) is 11.8 Å². The third kappa shape index (κ3) is 5.16. The molecule has 0 unspecified atom stereocenters. The third-order valence-corrected chi connectivity index (χ3v) is 8.24. The van der Waals surface area contributed by atoms with Gasteiger partial charge in [-0.1, -0.05) is 35.6 Å². The fourth-order valence-electron chi connectivity index (χ4n) is 4.65. The van der Waals surface area contributed by atoms with Crippen molar-refractivity contribution in [3.05, 3.63) is 90.6 Å². The number of allylic oxidation sites excluding steroid dienone is 1. The van der Waals surface area contributed by atoms with Crippen LogP contribution in [0.1, 0.15) is 31.0 Å². The van der Waals surface area contributed by atoms with Crippen LogP contribution in [0.25, 0.3) is 6.08 Å². The maximum Gasteiger partial charge on any atom is 0.338 e. The van der Waals surface area contributed by atoms with Gasteiger partial charge in [0.15, 0.2) is 4.80 Å². The van der Waals surface area contributed by atoms with Gasteiger partial charge in [0.25, 0.3) is 5.56 Å². The summed E-state index contributed by atoms with van der Waals surface area (Å²) in [6, 6.07) is 15.5. The Morgan fingerprint density at radius 1 is 1.16 bits per heavy atom. The van der Waals surface area contributed by atoms with Crippen LogP contribution >= 0.6 is 23.1 Å². The minimum atomic E-state index is -0.600. The molecular weight excluding hydrogens is 506 g/mol. The molecule has 0 aliphatic carbocycles. The van der Waals surface area contributed by atoms with E-state index in [0.717, 1.165) is 48.0 Å². The molecule has 3 heterocycles. The molecule has 1 saturated heterocycles. The largest absolute Gasteiger partial charge is 0.463 e. The zero-order valence-electron chi connectivity index (χ0n) is 21.1. The van der Waals surface area contributed by atoms with E-state index in [0.29, 0.717) is 20.6 Å². The monoisotopic (exact) mass is 535 g/mol. The Kier molecular flexibility index (Phi) is 7.64. The molecule has 37 heavy (non-hydrogen) atoms. The summed E-state index contributed by atoms with van der Waals surface area (Å²) < 4.78 is 13.0. The number of thioether (sulfide) groups is 1. The smallest absolute Gasteiger partial charge is 0.338 e. The number of hydrogen-bond donors (Lipinski definition) is 0. The van der Waals surface area contributed by atoms with Crippen LogP contribution in [0.2, 0.25) is 0 Å². The van der Waals surface area contributed by atoms with Crippen molar-refractivity contribution in [1.82, 2.24) is 4.57 Å². The zero-order valence-corrected chi connectivity index (χ0v) is 22.7. The molecule has 5 rings (SSSR count). The van der Waals surface area contributed by atoms with Crippen LogP contribution < -0.4 is 19.8 Å². The number of carbonyl (C=O) groups is 1. The highest BCUT2D eigenvalue weighted by Gasteiger charge is 2.33. The predicted molar refractivity (Wildman–Crippen MR) is 148 cm³/mol. The number of aromatic nitrogens is 1. The van der Waals surface area contributed by atoms with Gasteiger partial charge in [-0.25, -0.2) is 9.79 Å². The Morgan fingerprint density at radius 2 is 1.86 bits per heavy atom. The summed E-state index contributed by atoms with van der Waals surface area (Å²) >= 11 is 2.98. The van der Waals surface area contributed by atoms with Gasteiger partial charge in [0, 0.05) is 23.7 Å². The molecule has 0 N–H and O–H groups in total. The Labute approximate surface area is 223 Å². The van der Waals surface area contributed by atoms with Crippen molar-refractivity contribution in [2.24, 2.45) is 4.99 Å². The highest BCUT2D eigenvalue weighted by Crippen LogP contribution is 2.31. The van der Waals surface area contributed by atoms with Crippen molar-refractivity contribution in [3.8, 4) is 0 Å². The van der Waals surface area contributed by atoms with Gasteiger partial charge in [-0.2, -0.15) is 0 Å². The molecule has 1 atom stereocenters. The molecule has 1 aromatic heterocycles. The molecule has 3 aromatic rings. The molecule has 7 nitrogen and oxygen atoms in total. The molecule has 0 spiro atoms. The van der Waals surface area contributed by atoms with Crippen LogP contribution in [0.15, 0.2) is 74.5 Å². The van der Waals surface area contributed by atoms with Crippen LogP contribution in [0, 0.1) is 0 Å². The standard InChI is InChI=1S/C28H29N3O4S2/c1-4-35-27(33)24-18(2)29-28-31(25(24)20-7-11-22(36-3)12-8-20)26(32)23(37-28)17-19-5-9-21(10-6-19)30-13-15-34-16-14-30/h5-12,17,25H,4,13-16H2,1-3H3/b23-17+/t25-/m1/s1. The number of benzene rings is 2. The summed E-state index contributed by atoms with van der Waals surface area (Å²) in [6.07, 6.45) is 3.91. The average molecular weight is 536 g/mol. The fourth-order valence-corrected chi connectivity index (χ4v) is 6.10. The Balaban J connectivity index is 1.58. The van der Waals surface area contributed by atoms with Crippen LogP contribution in [-0.4, -0.2) is 49.7 Å². The second-order valence-electron chi connectivity index (χ2n) is 8.77. The minimum Gasteiger partial charge on any atom is -0.463 e. The lowest BCUT2D eigenvalue weighted by Gasteiger charge is -2.28. The molecular formula is C28H29N3O4S2. The summed E-state index contributed by atoms with van der Waals surface area (Å²) in [5.41, 5.74) is 3.72. The first-order valence-electron chi connectivity index (χ1n) is 12.3. The number of thiazole rings is 1. The van der Waals surface area contributed by atoms with E-state index in [-0.39, 0.29) is 12.2 Å². The van der Waals surface area contributed by atoms with E-state index in [1.807, 2.05) is 48.7 Å². The fraction of sp³-hybridized carbons (Fsp3) is 0.321. The van der Waals surface area contributed by atoms with Crippen LogP contribution in [-0.2, 0) is 14.3 Å². The SMILES string of the molecule is CCOC(=O)C1=C(C)N=c2s/c(=C/c3ccc(N4CCOCC4)cc3)c(=O)n2[C@@H]1c1ccc(SC)cc1. The quantitative estimate of drug-likeness (QED) is 0.356. The minimum absolute atomic E-state index is 0.172. The van der Waals surface area contributed by atoms with Crippen molar-refractivity contribution >= 4 is 40.8 Å². The highest BCUT2D eigenvalue weighted by molar-refractivity contribution is 7.98. The van der Waals surface area contributed by atoms with E-state index in [4.69, 9.17) is 9.47 Å². The van der Waals surface area contributed by atoms with Gasteiger partial charge < -0.3 is 14.4 Å². The van der Waals surface area contributed by atoms with E-state index < -0.39 is 12.0 Å². The van der Waals surface area contributed by atoms with E-state index in [9.17, 15) is 9.59 Å². The number of hydrogen-bond acceptors (Lipinski definition) is 8. The van der Waals surface area contributed by atoms with E-state index in [2.05, 4.69) is 22.0 Å². The van der Waals surface area contributed by atoms with E-state index >= 15 is 0 Å². The average Bonchev–Trinajstić information content (AvgIpc) is 3.23. The van der Waals surface area contributed by atoms with Gasteiger partial charge in [-0.05, 0) is 61.6 Å². The third-order valence-electron chi connectivity index (χ3n) is 6.52. The van der Waals surface area contributed by atoms with Crippen LogP contribution in [0.3, 0.4) is 0 Å². The van der Waals surface area contributed by atoms with E-state index in [1.54, 1.807) is 30.2 Å². The Bertz CT molecular complexity index is 1500. The topological polar surface area (TPSA) is 73.1 Å². The van der Waals surface area contributed by atoms with E-state index in [1.165, 1.54) is 11.3 Å². The van der Waals surface area contributed by atoms with Crippen molar-refractivity contribution in [2.45, 2.75) is 24.8 Å². The molecule has 1 fully saturated rings. The summed E-state index contributed by atoms with van der Waals surface area (Å²) in [6.45, 7) is 7.04. The molecule has 2 aliphatic heterocycles. The highest BCUT2D eigenvalue weighted by atomic mass is 32.2. The molecule has 2 aliphatic rings. The lowest BCUT2D eigenvalue weighted by molar-refractivity contribution is -0.139. The summed E-state index contributed by atoms with van der Waals surface area (Å²) in [7, 11) is 0. The number of esters is 1. The number of ether oxygens (including phenoxy) is 2. The molecule has 0 radical (unpaired) electrons. The molecule has 2 aromatic carbocycles. The summed E-state index contributed by atoms with van der Waals surface area (Å²) in [4.78, 5) is 35.4. The number of nitrogens with zero attached hydrogens (tertiary/aromatic N) is 3. The van der Waals surface area contributed by atoms with Gasteiger partial charge in [0.1, 0.15) is 0 Å². The Hall–Kier alpha value is -3.14. The van der Waals surface area contributed by atoms with Gasteiger partial charge >= 0.3 is 5.97 Å². The van der Waals surface area contributed by atoms with Crippen molar-refractivity contribution in [2.75, 3.05) is 44.1 Å². The lowest BCUT2D eigenvalue weighted by Crippen LogP contribution is -2.39. The second-order valence-corrected chi connectivity index (χ2v) is 10.7. The maximum atomic E-state index is 13.8. The summed E-state index contributed by atoms with van der Waals surface area (Å²) in [5, 5.41) is 0. The van der Waals surface area contributed by atoms with Crippen molar-refractivity contribution in [3.63, 3.8) is 0 Å². The second kappa shape index (κ2) is 11.1. The first-order valence-corrected chi connectivity index (χ1v) is 14.3. The zero-order chi connectivity index (χ0) is 25.9. The number of fused-ring (bicyclic) bond motifs is 1. The number of rotatable bonds is 6. The number of anilines is 1. The summed E-state index contributed by atoms with van der Waals surface area (Å²) in [5.74, 6) is -0.448. The van der Waals surface area contributed by atoms with Crippen molar-refractivity contribution in [1.29, 1.82) is 0 Å². The molecule has 9 heteroatoms. The van der Waals surface area contributed by atoms with Crippen LogP contribution in [0.4, 0.5) is 5.69 Å². The molecule has 0 bridgehead atoms.